The number of piperidine rings is 3. The lowest BCUT2D eigenvalue weighted by atomic mass is 9.79. The van der Waals surface area contributed by atoms with Crippen molar-refractivity contribution in [2.75, 3.05) is 26.7 Å². The molecule has 4 aliphatic rings. The number of ether oxygens (including phenoxy) is 1. The summed E-state index contributed by atoms with van der Waals surface area (Å²) in [6.45, 7) is 5.39. The molecule has 2 atom stereocenters. The van der Waals surface area contributed by atoms with Crippen LogP contribution in [0.25, 0.3) is 0 Å². The van der Waals surface area contributed by atoms with Crippen LogP contribution in [0.3, 0.4) is 0 Å². The standard InChI is InChI=1S/C19H25N3O2S2/c1-13-18(14-8-11-21(13)12-9-14)20-19(23)15-6-7-17(25-15)26-22-10-4-3-5-16(22)24-2/h3-7,13-14,18H,8-12H2,1-2H3,(H,20,23)/t13-,18-/m0/s1. The summed E-state index contributed by atoms with van der Waals surface area (Å²) >= 11 is 3.16. The van der Waals surface area contributed by atoms with Gasteiger partial charge in [-0.3, -0.25) is 14.0 Å². The second-order valence-electron chi connectivity index (χ2n) is 7.02. The molecule has 1 amide bonds. The Bertz CT molecular complexity index is 720. The number of methoxy groups -OCH3 is 1. The summed E-state index contributed by atoms with van der Waals surface area (Å²) in [6.07, 6.45) is 8.45. The Kier molecular flexibility index (Phi) is 5.29. The Balaban J connectivity index is 1.39. The zero-order valence-corrected chi connectivity index (χ0v) is 16.8. The highest BCUT2D eigenvalue weighted by molar-refractivity contribution is 7.99. The highest BCUT2D eigenvalue weighted by Crippen LogP contribution is 2.35. The van der Waals surface area contributed by atoms with E-state index < -0.39 is 0 Å². The average Bonchev–Trinajstić information content (AvgIpc) is 3.14. The van der Waals surface area contributed by atoms with Gasteiger partial charge in [0.1, 0.15) is 0 Å². The molecule has 5 rings (SSSR count). The van der Waals surface area contributed by atoms with Crippen LogP contribution in [0.2, 0.25) is 0 Å². The Morgan fingerprint density at radius 1 is 1.35 bits per heavy atom. The molecule has 3 saturated heterocycles. The summed E-state index contributed by atoms with van der Waals surface area (Å²) in [5.41, 5.74) is 0. The Morgan fingerprint density at radius 3 is 2.88 bits per heavy atom. The molecular formula is C19H25N3O2S2. The molecule has 0 aromatic carbocycles. The first-order chi connectivity index (χ1) is 12.7. The Hall–Kier alpha value is -1.44. The summed E-state index contributed by atoms with van der Waals surface area (Å²) in [4.78, 5) is 16.1. The van der Waals surface area contributed by atoms with Crippen LogP contribution in [-0.4, -0.2) is 53.9 Å². The zero-order valence-electron chi connectivity index (χ0n) is 15.2. The van der Waals surface area contributed by atoms with Gasteiger partial charge in [-0.25, -0.2) is 0 Å². The molecule has 3 fully saturated rings. The first-order valence-corrected chi connectivity index (χ1v) is 10.8. The van der Waals surface area contributed by atoms with Crippen LogP contribution in [0.5, 0.6) is 0 Å². The van der Waals surface area contributed by atoms with Crippen molar-refractivity contribution in [2.45, 2.75) is 36.1 Å². The molecular weight excluding hydrogens is 366 g/mol. The number of hydrogen-bond acceptors (Lipinski definition) is 6. The number of carbonyl (C=O) groups is 1. The molecule has 5 heterocycles. The lowest BCUT2D eigenvalue weighted by Crippen LogP contribution is -2.62. The minimum atomic E-state index is 0.0634. The quantitative estimate of drug-likeness (QED) is 0.780. The molecule has 1 aromatic heterocycles. The normalized spacial score (nSPS) is 30.2. The third-order valence-electron chi connectivity index (χ3n) is 5.58. The monoisotopic (exact) mass is 391 g/mol. The summed E-state index contributed by atoms with van der Waals surface area (Å²) < 4.78 is 8.59. The van der Waals surface area contributed by atoms with E-state index in [1.807, 2.05) is 24.3 Å². The summed E-state index contributed by atoms with van der Waals surface area (Å²) in [5, 5.41) is 3.31. The van der Waals surface area contributed by atoms with E-state index in [1.54, 1.807) is 30.4 Å². The van der Waals surface area contributed by atoms with Crippen molar-refractivity contribution in [3.8, 4) is 0 Å². The summed E-state index contributed by atoms with van der Waals surface area (Å²) in [5.74, 6) is 1.52. The molecule has 1 aromatic rings. The van der Waals surface area contributed by atoms with E-state index in [0.29, 0.717) is 12.0 Å². The molecule has 5 nitrogen and oxygen atoms in total. The molecule has 0 radical (unpaired) electrons. The minimum Gasteiger partial charge on any atom is -0.482 e. The van der Waals surface area contributed by atoms with Crippen molar-refractivity contribution in [3.63, 3.8) is 0 Å². The minimum absolute atomic E-state index is 0.0634. The fraction of sp³-hybridized carbons (Fsp3) is 0.526. The molecule has 0 spiro atoms. The zero-order chi connectivity index (χ0) is 18.1. The van der Waals surface area contributed by atoms with Crippen LogP contribution >= 0.6 is 23.3 Å². The van der Waals surface area contributed by atoms with E-state index in [0.717, 1.165) is 21.5 Å². The van der Waals surface area contributed by atoms with Gasteiger partial charge >= 0.3 is 0 Å². The molecule has 0 aliphatic carbocycles. The van der Waals surface area contributed by atoms with Gasteiger partial charge in [0.15, 0.2) is 5.88 Å². The smallest absolute Gasteiger partial charge is 0.261 e. The van der Waals surface area contributed by atoms with Gasteiger partial charge in [-0.1, -0.05) is 12.2 Å². The predicted octanol–water partition coefficient (Wildman–Crippen LogP) is 3.33. The lowest BCUT2D eigenvalue weighted by Gasteiger charge is -2.49. The second kappa shape index (κ2) is 7.66. The maximum atomic E-state index is 12.8. The third-order valence-corrected chi connectivity index (χ3v) is 7.80. The number of amides is 1. The molecule has 7 heteroatoms. The number of allylic oxidation sites excluding steroid dienone is 2. The predicted molar refractivity (Wildman–Crippen MR) is 106 cm³/mol. The maximum absolute atomic E-state index is 12.8. The highest BCUT2D eigenvalue weighted by Gasteiger charge is 2.40. The van der Waals surface area contributed by atoms with Gasteiger partial charge in [0.05, 0.1) is 22.7 Å². The van der Waals surface area contributed by atoms with Crippen molar-refractivity contribution in [3.05, 3.63) is 41.1 Å². The Labute approximate surface area is 163 Å². The number of fused-ring (bicyclic) bond motifs is 3. The number of nitrogens with zero attached hydrogens (tertiary/aromatic N) is 2. The molecule has 1 N–H and O–H groups in total. The van der Waals surface area contributed by atoms with Crippen LogP contribution in [-0.2, 0) is 4.74 Å². The van der Waals surface area contributed by atoms with Gasteiger partial charge in [0.25, 0.3) is 5.91 Å². The summed E-state index contributed by atoms with van der Waals surface area (Å²) in [7, 11) is 1.68. The number of nitrogens with one attached hydrogen (secondary N) is 1. The van der Waals surface area contributed by atoms with Crippen LogP contribution in [0, 0.1) is 5.92 Å². The molecule has 26 heavy (non-hydrogen) atoms. The van der Waals surface area contributed by atoms with Crippen molar-refractivity contribution >= 4 is 29.2 Å². The van der Waals surface area contributed by atoms with Gasteiger partial charge in [0.2, 0.25) is 0 Å². The van der Waals surface area contributed by atoms with Crippen LogP contribution < -0.4 is 5.32 Å². The maximum Gasteiger partial charge on any atom is 0.261 e. The number of hydrogen-bond donors (Lipinski definition) is 1. The first kappa shape index (κ1) is 17.9. The number of thiophene rings is 1. The van der Waals surface area contributed by atoms with E-state index in [1.165, 1.54) is 25.9 Å². The van der Waals surface area contributed by atoms with Crippen LogP contribution in [0.4, 0.5) is 0 Å². The second-order valence-corrected chi connectivity index (χ2v) is 9.43. The highest BCUT2D eigenvalue weighted by atomic mass is 32.2. The van der Waals surface area contributed by atoms with Gasteiger partial charge in [-0.2, -0.15) is 0 Å². The van der Waals surface area contributed by atoms with Crippen molar-refractivity contribution in [1.29, 1.82) is 0 Å². The van der Waals surface area contributed by atoms with Crippen molar-refractivity contribution < 1.29 is 9.53 Å². The van der Waals surface area contributed by atoms with E-state index >= 15 is 0 Å². The van der Waals surface area contributed by atoms with Gasteiger partial charge < -0.3 is 10.1 Å². The van der Waals surface area contributed by atoms with Gasteiger partial charge in [-0.05, 0) is 57.0 Å². The Morgan fingerprint density at radius 2 is 2.15 bits per heavy atom. The van der Waals surface area contributed by atoms with E-state index in [4.69, 9.17) is 4.74 Å². The first-order valence-electron chi connectivity index (χ1n) is 9.17. The van der Waals surface area contributed by atoms with Crippen LogP contribution in [0.1, 0.15) is 29.4 Å². The average molecular weight is 392 g/mol. The molecule has 4 aliphatic heterocycles. The van der Waals surface area contributed by atoms with Gasteiger partial charge in [-0.15, -0.1) is 11.3 Å². The number of rotatable bonds is 5. The lowest BCUT2D eigenvalue weighted by molar-refractivity contribution is 0.0218. The van der Waals surface area contributed by atoms with E-state index in [-0.39, 0.29) is 11.9 Å². The SMILES string of the molecule is COC1=CC=CCN1Sc1ccc(C(=O)N[C@@H]2C3CCN(CC3)[C@H]2C)s1. The fourth-order valence-corrected chi connectivity index (χ4v) is 6.16. The molecule has 0 saturated carbocycles. The van der Waals surface area contributed by atoms with Crippen LogP contribution in [0.15, 0.2) is 40.5 Å². The van der Waals surface area contributed by atoms with Gasteiger partial charge in [0, 0.05) is 24.0 Å². The summed E-state index contributed by atoms with van der Waals surface area (Å²) in [6, 6.07) is 4.67. The molecule has 140 valence electrons. The largest absolute Gasteiger partial charge is 0.482 e. The fourth-order valence-electron chi connectivity index (χ4n) is 4.10. The third kappa shape index (κ3) is 3.52. The topological polar surface area (TPSA) is 44.8 Å². The van der Waals surface area contributed by atoms with E-state index in [2.05, 4.69) is 27.5 Å². The molecule has 0 unspecified atom stereocenters. The van der Waals surface area contributed by atoms with Crippen molar-refractivity contribution in [1.82, 2.24) is 14.5 Å². The number of carbonyl (C=O) groups excluding carboxylic acids is 1. The molecule has 2 bridgehead atoms. The van der Waals surface area contributed by atoms with E-state index in [9.17, 15) is 4.79 Å². The van der Waals surface area contributed by atoms with Crippen molar-refractivity contribution in [2.24, 2.45) is 5.92 Å².